The third-order valence-electron chi connectivity index (χ3n) is 3.46. The minimum atomic E-state index is -0.243. The van der Waals surface area contributed by atoms with Crippen molar-refractivity contribution in [3.8, 4) is 11.7 Å². The average molecular weight is 380 g/mol. The summed E-state index contributed by atoms with van der Waals surface area (Å²) in [5, 5.41) is 8.71. The van der Waals surface area contributed by atoms with Gasteiger partial charge in [-0.15, -0.1) is 10.2 Å². The maximum atomic E-state index is 12.8. The summed E-state index contributed by atoms with van der Waals surface area (Å²) in [5.74, 6) is 0.813. The number of halogens is 2. The SMILES string of the molecule is CCCN(Cc1nnc(-c2ccco2)o1)C(=O)c1cc(Cl)ccc1Cl. The molecule has 3 rings (SSSR count). The van der Waals surface area contributed by atoms with Gasteiger partial charge in [0.05, 0.1) is 23.4 Å². The molecule has 0 spiro atoms. The molecule has 0 fully saturated rings. The topological polar surface area (TPSA) is 72.4 Å². The van der Waals surface area contributed by atoms with Crippen molar-refractivity contribution in [2.75, 3.05) is 6.54 Å². The molecule has 6 nitrogen and oxygen atoms in total. The number of benzene rings is 1. The van der Waals surface area contributed by atoms with Gasteiger partial charge in [0.25, 0.3) is 11.8 Å². The Morgan fingerprint density at radius 1 is 1.24 bits per heavy atom. The molecule has 0 atom stereocenters. The monoisotopic (exact) mass is 379 g/mol. The third kappa shape index (κ3) is 4.03. The molecule has 0 radical (unpaired) electrons. The summed E-state index contributed by atoms with van der Waals surface area (Å²) in [5.41, 5.74) is 0.341. The molecule has 130 valence electrons. The lowest BCUT2D eigenvalue weighted by Gasteiger charge is -2.21. The second kappa shape index (κ2) is 7.72. The van der Waals surface area contributed by atoms with Gasteiger partial charge < -0.3 is 13.7 Å². The minimum absolute atomic E-state index is 0.170. The normalized spacial score (nSPS) is 10.8. The standard InChI is InChI=1S/C17H15Cl2N3O3/c1-2-7-22(17(23)12-9-11(18)5-6-13(12)19)10-15-20-21-16(25-15)14-4-3-8-24-14/h3-6,8-9H,2,7,10H2,1H3. The van der Waals surface area contributed by atoms with Gasteiger partial charge in [0.15, 0.2) is 5.76 Å². The van der Waals surface area contributed by atoms with Crippen LogP contribution in [0.3, 0.4) is 0 Å². The Labute approximate surface area is 154 Å². The number of rotatable bonds is 6. The highest BCUT2D eigenvalue weighted by atomic mass is 35.5. The Morgan fingerprint density at radius 2 is 2.08 bits per heavy atom. The number of hydrogen-bond donors (Lipinski definition) is 0. The van der Waals surface area contributed by atoms with Crippen molar-refractivity contribution < 1.29 is 13.6 Å². The number of carbonyl (C=O) groups is 1. The fourth-order valence-corrected chi connectivity index (χ4v) is 2.71. The van der Waals surface area contributed by atoms with E-state index in [-0.39, 0.29) is 18.3 Å². The lowest BCUT2D eigenvalue weighted by atomic mass is 10.2. The van der Waals surface area contributed by atoms with Gasteiger partial charge in [0.1, 0.15) is 0 Å². The van der Waals surface area contributed by atoms with Crippen LogP contribution in [0.15, 0.2) is 45.4 Å². The largest absolute Gasteiger partial charge is 0.459 e. The van der Waals surface area contributed by atoms with Gasteiger partial charge in [0, 0.05) is 11.6 Å². The van der Waals surface area contributed by atoms with Crippen LogP contribution in [0.25, 0.3) is 11.7 Å². The summed E-state index contributed by atoms with van der Waals surface area (Å²) >= 11 is 12.1. The predicted molar refractivity (Wildman–Crippen MR) is 93.5 cm³/mol. The number of amides is 1. The smallest absolute Gasteiger partial charge is 0.283 e. The molecule has 1 amide bonds. The van der Waals surface area contributed by atoms with Crippen LogP contribution in [0, 0.1) is 0 Å². The molecule has 8 heteroatoms. The Kier molecular flexibility index (Phi) is 5.40. The van der Waals surface area contributed by atoms with Gasteiger partial charge in [0.2, 0.25) is 5.89 Å². The zero-order valence-corrected chi connectivity index (χ0v) is 14.9. The van der Waals surface area contributed by atoms with Gasteiger partial charge in [-0.2, -0.15) is 0 Å². The maximum Gasteiger partial charge on any atom is 0.283 e. The van der Waals surface area contributed by atoms with E-state index < -0.39 is 0 Å². The fourth-order valence-electron chi connectivity index (χ4n) is 2.33. The molecule has 0 bridgehead atoms. The van der Waals surface area contributed by atoms with Crippen molar-refractivity contribution in [1.29, 1.82) is 0 Å². The first-order valence-electron chi connectivity index (χ1n) is 7.69. The molecule has 1 aromatic carbocycles. The number of furan rings is 1. The van der Waals surface area contributed by atoms with Crippen LogP contribution in [0.4, 0.5) is 0 Å². The van der Waals surface area contributed by atoms with Crippen LogP contribution < -0.4 is 0 Å². The van der Waals surface area contributed by atoms with E-state index in [1.807, 2.05) is 6.92 Å². The second-order valence-electron chi connectivity index (χ2n) is 5.33. The first kappa shape index (κ1) is 17.5. The molecule has 0 aliphatic heterocycles. The van der Waals surface area contributed by atoms with Crippen LogP contribution in [-0.2, 0) is 6.54 Å². The molecule has 0 saturated heterocycles. The van der Waals surface area contributed by atoms with E-state index in [4.69, 9.17) is 32.0 Å². The molecule has 3 aromatic rings. The van der Waals surface area contributed by atoms with E-state index >= 15 is 0 Å². The van der Waals surface area contributed by atoms with E-state index in [9.17, 15) is 4.79 Å². The number of nitrogens with zero attached hydrogens (tertiary/aromatic N) is 3. The molecule has 25 heavy (non-hydrogen) atoms. The lowest BCUT2D eigenvalue weighted by molar-refractivity contribution is 0.0729. The number of aromatic nitrogens is 2. The Balaban J connectivity index is 1.81. The maximum absolute atomic E-state index is 12.8. The molecular weight excluding hydrogens is 365 g/mol. The number of carbonyl (C=O) groups excluding carboxylic acids is 1. The predicted octanol–water partition coefficient (Wildman–Crippen LogP) is 4.69. The van der Waals surface area contributed by atoms with Crippen LogP contribution in [0.2, 0.25) is 10.0 Å². The van der Waals surface area contributed by atoms with Gasteiger partial charge in [-0.05, 0) is 36.8 Å². The first-order chi connectivity index (χ1) is 12.1. The van der Waals surface area contributed by atoms with Crippen molar-refractivity contribution in [2.24, 2.45) is 0 Å². The molecule has 2 heterocycles. The van der Waals surface area contributed by atoms with Crippen molar-refractivity contribution in [2.45, 2.75) is 19.9 Å². The second-order valence-corrected chi connectivity index (χ2v) is 6.17. The van der Waals surface area contributed by atoms with Crippen molar-refractivity contribution in [3.05, 3.63) is 58.1 Å². The highest BCUT2D eigenvalue weighted by molar-refractivity contribution is 6.35. The first-order valence-corrected chi connectivity index (χ1v) is 8.44. The Morgan fingerprint density at radius 3 is 2.80 bits per heavy atom. The molecule has 2 aromatic heterocycles. The quantitative estimate of drug-likeness (QED) is 0.620. The summed E-state index contributed by atoms with van der Waals surface area (Å²) in [6.07, 6.45) is 2.29. The van der Waals surface area contributed by atoms with E-state index in [1.54, 1.807) is 35.2 Å². The van der Waals surface area contributed by atoms with Crippen LogP contribution >= 0.6 is 23.2 Å². The number of hydrogen-bond acceptors (Lipinski definition) is 5. The van der Waals surface area contributed by atoms with Gasteiger partial charge in [-0.25, -0.2) is 0 Å². The highest BCUT2D eigenvalue weighted by Crippen LogP contribution is 2.24. The molecule has 0 unspecified atom stereocenters. The van der Waals surface area contributed by atoms with Crippen molar-refractivity contribution >= 4 is 29.1 Å². The lowest BCUT2D eigenvalue weighted by Crippen LogP contribution is -2.31. The van der Waals surface area contributed by atoms with E-state index in [1.165, 1.54) is 6.26 Å². The third-order valence-corrected chi connectivity index (χ3v) is 4.03. The van der Waals surface area contributed by atoms with E-state index in [0.717, 1.165) is 6.42 Å². The van der Waals surface area contributed by atoms with Crippen LogP contribution in [-0.4, -0.2) is 27.5 Å². The summed E-state index contributed by atoms with van der Waals surface area (Å²) in [4.78, 5) is 14.4. The molecule has 0 N–H and O–H groups in total. The molecule has 0 aliphatic carbocycles. The van der Waals surface area contributed by atoms with E-state index in [2.05, 4.69) is 10.2 Å². The zero-order valence-electron chi connectivity index (χ0n) is 13.4. The van der Waals surface area contributed by atoms with Crippen molar-refractivity contribution in [1.82, 2.24) is 15.1 Å². The Bertz CT molecular complexity index is 862. The van der Waals surface area contributed by atoms with Gasteiger partial charge >= 0.3 is 0 Å². The molecular formula is C17H15Cl2N3O3. The summed E-state index contributed by atoms with van der Waals surface area (Å²) in [6, 6.07) is 8.24. The van der Waals surface area contributed by atoms with E-state index in [0.29, 0.717) is 33.8 Å². The summed E-state index contributed by atoms with van der Waals surface area (Å²) in [7, 11) is 0. The van der Waals surface area contributed by atoms with Gasteiger partial charge in [-0.1, -0.05) is 30.1 Å². The van der Waals surface area contributed by atoms with Gasteiger partial charge in [-0.3, -0.25) is 4.79 Å². The summed E-state index contributed by atoms with van der Waals surface area (Å²) in [6.45, 7) is 2.66. The zero-order chi connectivity index (χ0) is 17.8. The Hall–Kier alpha value is -2.31. The van der Waals surface area contributed by atoms with Crippen LogP contribution in [0.1, 0.15) is 29.6 Å². The molecule has 0 aliphatic rings. The fraction of sp³-hybridized carbons (Fsp3) is 0.235. The minimum Gasteiger partial charge on any atom is -0.459 e. The van der Waals surface area contributed by atoms with Crippen molar-refractivity contribution in [3.63, 3.8) is 0 Å². The average Bonchev–Trinajstić information content (AvgIpc) is 3.27. The molecule has 0 saturated carbocycles. The highest BCUT2D eigenvalue weighted by Gasteiger charge is 2.21. The van der Waals surface area contributed by atoms with Crippen LogP contribution in [0.5, 0.6) is 0 Å². The summed E-state index contributed by atoms with van der Waals surface area (Å²) < 4.78 is 10.8.